The number of hydrogen-bond acceptors (Lipinski definition) is 10. The van der Waals surface area contributed by atoms with Crippen LogP contribution in [0.3, 0.4) is 0 Å². The van der Waals surface area contributed by atoms with Gasteiger partial charge in [0.05, 0.1) is 19.6 Å². The third-order valence-corrected chi connectivity index (χ3v) is 11.6. The van der Waals surface area contributed by atoms with Gasteiger partial charge in [-0.1, -0.05) is 31.6 Å². The van der Waals surface area contributed by atoms with Gasteiger partial charge in [-0.25, -0.2) is 4.79 Å². The number of Topliss-reactive ketones (excluding diaryl/α,β-unsaturated/α-hetero) is 1. The van der Waals surface area contributed by atoms with Crippen LogP contribution < -0.4 is 5.32 Å². The molecule has 0 aromatic heterocycles. The lowest BCUT2D eigenvalue weighted by Crippen LogP contribution is -2.62. The second-order valence-corrected chi connectivity index (χ2v) is 14.1. The van der Waals surface area contributed by atoms with Gasteiger partial charge in [-0.05, 0) is 85.5 Å². The van der Waals surface area contributed by atoms with E-state index >= 15 is 0 Å². The Hall–Kier alpha value is -3.57. The maximum absolute atomic E-state index is 13.5. The Morgan fingerprint density at radius 1 is 1.04 bits per heavy atom. The Morgan fingerprint density at radius 3 is 2.46 bits per heavy atom. The summed E-state index contributed by atoms with van der Waals surface area (Å²) < 4.78 is 10.0. The zero-order valence-corrected chi connectivity index (χ0v) is 26.8. The van der Waals surface area contributed by atoms with Crippen LogP contribution in [-0.4, -0.2) is 76.2 Å². The largest absolute Gasteiger partial charge is 0.508 e. The first-order chi connectivity index (χ1) is 21.7. The summed E-state index contributed by atoms with van der Waals surface area (Å²) in [5.41, 5.74) is -1.18. The molecule has 4 N–H and O–H groups in total. The van der Waals surface area contributed by atoms with Crippen molar-refractivity contribution in [2.24, 2.45) is 28.6 Å². The number of benzene rings is 1. The van der Waals surface area contributed by atoms with E-state index in [4.69, 9.17) is 9.47 Å². The van der Waals surface area contributed by atoms with E-state index in [1.807, 2.05) is 6.92 Å². The van der Waals surface area contributed by atoms with Gasteiger partial charge in [0.15, 0.2) is 12.4 Å². The summed E-state index contributed by atoms with van der Waals surface area (Å²) in [7, 11) is 1.20. The van der Waals surface area contributed by atoms with E-state index in [2.05, 4.69) is 12.2 Å². The number of hydrogen-bond donors (Lipinski definition) is 4. The second-order valence-electron chi connectivity index (χ2n) is 14.1. The third-order valence-electron chi connectivity index (χ3n) is 11.6. The van der Waals surface area contributed by atoms with Gasteiger partial charge < -0.3 is 30.1 Å². The lowest BCUT2D eigenvalue weighted by molar-refractivity contribution is -0.184. The van der Waals surface area contributed by atoms with Crippen LogP contribution in [0.4, 0.5) is 0 Å². The van der Waals surface area contributed by atoms with Crippen LogP contribution in [-0.2, 0) is 39.9 Å². The molecule has 46 heavy (non-hydrogen) atoms. The van der Waals surface area contributed by atoms with Crippen molar-refractivity contribution < 1.29 is 48.8 Å². The summed E-state index contributed by atoms with van der Waals surface area (Å²) in [6.07, 6.45) is 4.23. The number of methoxy groups -OCH3 is 1. The van der Waals surface area contributed by atoms with Crippen molar-refractivity contribution in [3.63, 3.8) is 0 Å². The van der Waals surface area contributed by atoms with Gasteiger partial charge in [-0.3, -0.25) is 19.2 Å². The number of ketones is 2. The summed E-state index contributed by atoms with van der Waals surface area (Å²) in [6, 6.07) is 5.14. The molecule has 0 radical (unpaired) electrons. The van der Waals surface area contributed by atoms with Gasteiger partial charge in [0.25, 0.3) is 0 Å². The number of carbonyl (C=O) groups excluding carboxylic acids is 5. The number of aliphatic hydroxyl groups is 2. The molecule has 0 unspecified atom stereocenters. The van der Waals surface area contributed by atoms with Gasteiger partial charge in [0.1, 0.15) is 17.4 Å². The third kappa shape index (κ3) is 6.11. The van der Waals surface area contributed by atoms with Crippen molar-refractivity contribution in [1.82, 2.24) is 5.32 Å². The highest BCUT2D eigenvalue weighted by Crippen LogP contribution is 2.67. The topological polar surface area (TPSA) is 177 Å². The molecule has 1 amide bonds. The number of carbonyl (C=O) groups is 5. The van der Waals surface area contributed by atoms with Crippen LogP contribution in [0.25, 0.3) is 0 Å². The molecular formula is C35H45NO10. The summed E-state index contributed by atoms with van der Waals surface area (Å²) in [4.78, 5) is 63.0. The quantitative estimate of drug-likeness (QED) is 0.279. The molecular weight excluding hydrogens is 594 g/mol. The molecule has 5 rings (SSSR count). The van der Waals surface area contributed by atoms with Crippen LogP contribution in [0.1, 0.15) is 77.2 Å². The number of aromatic hydroxyl groups is 1. The van der Waals surface area contributed by atoms with E-state index in [1.165, 1.54) is 19.2 Å². The Labute approximate surface area is 268 Å². The van der Waals surface area contributed by atoms with Crippen molar-refractivity contribution in [3.8, 4) is 5.75 Å². The summed E-state index contributed by atoms with van der Waals surface area (Å²) in [5.74, 6) is -2.45. The van der Waals surface area contributed by atoms with Gasteiger partial charge in [0.2, 0.25) is 11.7 Å². The molecule has 4 aliphatic carbocycles. The number of fused-ring (bicyclic) bond motifs is 5. The number of aliphatic hydroxyl groups excluding tert-OH is 1. The Balaban J connectivity index is 1.16. The molecule has 8 atom stereocenters. The number of esters is 2. The first kappa shape index (κ1) is 33.8. The minimum absolute atomic E-state index is 0.00502. The molecule has 250 valence electrons. The second kappa shape index (κ2) is 12.9. The first-order valence-corrected chi connectivity index (χ1v) is 16.2. The number of nitrogens with one attached hydrogen (secondary N) is 1. The molecule has 0 aliphatic heterocycles. The smallest absolute Gasteiger partial charge is 0.328 e. The number of amides is 1. The maximum atomic E-state index is 13.5. The molecule has 0 heterocycles. The summed E-state index contributed by atoms with van der Waals surface area (Å²) in [6.45, 7) is 3.36. The predicted molar refractivity (Wildman–Crippen MR) is 164 cm³/mol. The molecule has 3 saturated carbocycles. The zero-order valence-electron chi connectivity index (χ0n) is 26.8. The van der Waals surface area contributed by atoms with E-state index in [0.29, 0.717) is 24.8 Å². The fourth-order valence-corrected chi connectivity index (χ4v) is 9.17. The summed E-state index contributed by atoms with van der Waals surface area (Å²) >= 11 is 0. The predicted octanol–water partition coefficient (Wildman–Crippen LogP) is 2.72. The monoisotopic (exact) mass is 639 g/mol. The minimum atomic E-state index is -1.78. The molecule has 1 aromatic carbocycles. The highest BCUT2D eigenvalue weighted by molar-refractivity contribution is 5.92. The molecule has 0 spiro atoms. The number of phenolic OH excluding ortho intramolecular Hbond substituents is 1. The van der Waals surface area contributed by atoms with Gasteiger partial charge in [-0.2, -0.15) is 0 Å². The van der Waals surface area contributed by atoms with Crippen LogP contribution >= 0.6 is 0 Å². The van der Waals surface area contributed by atoms with Crippen molar-refractivity contribution in [1.29, 1.82) is 0 Å². The lowest BCUT2D eigenvalue weighted by Gasteiger charge is -2.60. The van der Waals surface area contributed by atoms with E-state index < -0.39 is 53.4 Å². The zero-order chi connectivity index (χ0) is 33.4. The Morgan fingerprint density at radius 2 is 1.76 bits per heavy atom. The Kier molecular flexibility index (Phi) is 9.48. The Bertz CT molecular complexity index is 1420. The molecule has 4 aliphatic rings. The van der Waals surface area contributed by atoms with E-state index in [-0.39, 0.29) is 66.8 Å². The fourth-order valence-electron chi connectivity index (χ4n) is 9.17. The molecule has 0 bridgehead atoms. The highest BCUT2D eigenvalue weighted by atomic mass is 16.5. The molecule has 11 heteroatoms. The van der Waals surface area contributed by atoms with Crippen LogP contribution in [0.5, 0.6) is 5.75 Å². The van der Waals surface area contributed by atoms with Crippen LogP contribution in [0.15, 0.2) is 35.9 Å². The van der Waals surface area contributed by atoms with Crippen molar-refractivity contribution >= 4 is 29.4 Å². The van der Waals surface area contributed by atoms with Crippen molar-refractivity contribution in [3.05, 3.63) is 41.5 Å². The highest BCUT2D eigenvalue weighted by Gasteiger charge is 2.68. The van der Waals surface area contributed by atoms with Crippen molar-refractivity contribution in [2.75, 3.05) is 13.7 Å². The SMILES string of the molecule is COC(=O)[C@H](Cc1ccc(O)cc1)NC(=O)CCC(=O)OCC(=O)[C@@]1(O)CC[C@@H]2[C@@H]3CCC4=CC(=O)CC[C@]4(C)[C@@H]3[C@@H](O)C[C@@]21C. The molecule has 3 fully saturated rings. The van der Waals surface area contributed by atoms with E-state index in [9.17, 15) is 39.3 Å². The minimum Gasteiger partial charge on any atom is -0.508 e. The van der Waals surface area contributed by atoms with Gasteiger partial charge in [-0.15, -0.1) is 0 Å². The van der Waals surface area contributed by atoms with Crippen LogP contribution in [0, 0.1) is 28.6 Å². The number of ether oxygens (including phenoxy) is 2. The molecule has 1 aromatic rings. The van der Waals surface area contributed by atoms with Crippen LogP contribution in [0.2, 0.25) is 0 Å². The standard InChI is InChI=1S/C35H45NO10/c1-33-14-12-23(38)17-21(33)6-9-24-25-13-15-35(44,34(25,2)18-27(39)31(24)33)28(40)19-46-30(42)11-10-29(41)36-26(32(43)45-3)16-20-4-7-22(37)8-5-20/h4-5,7-8,17,24-27,31,37,39,44H,6,9-16,18-19H2,1-3H3,(H,36,41)/t24-,25+,26-,27-,31-,33-,34-,35-/m0/s1. The van der Waals surface area contributed by atoms with Crippen molar-refractivity contribution in [2.45, 2.75) is 95.8 Å². The normalized spacial score (nSPS) is 33.8. The molecule has 0 saturated heterocycles. The summed E-state index contributed by atoms with van der Waals surface area (Å²) in [5, 5.41) is 35.4. The fraction of sp³-hybridized carbons (Fsp3) is 0.629. The molecule has 11 nitrogen and oxygen atoms in total. The number of allylic oxidation sites excluding steroid dienone is 1. The average molecular weight is 640 g/mol. The van der Waals surface area contributed by atoms with Gasteiger partial charge in [0, 0.05) is 24.7 Å². The first-order valence-electron chi connectivity index (χ1n) is 16.2. The average Bonchev–Trinajstić information content (AvgIpc) is 3.29. The number of phenols is 1. The van der Waals surface area contributed by atoms with E-state index in [0.717, 1.165) is 18.4 Å². The lowest BCUT2D eigenvalue weighted by atomic mass is 9.45. The van der Waals surface area contributed by atoms with E-state index in [1.54, 1.807) is 18.2 Å². The maximum Gasteiger partial charge on any atom is 0.328 e. The van der Waals surface area contributed by atoms with Gasteiger partial charge >= 0.3 is 11.9 Å². The number of rotatable bonds is 10.